The lowest BCUT2D eigenvalue weighted by Crippen LogP contribution is -2.07. The van der Waals surface area contributed by atoms with Crippen molar-refractivity contribution in [3.05, 3.63) is 36.4 Å². The third-order valence-electron chi connectivity index (χ3n) is 3.91. The van der Waals surface area contributed by atoms with Gasteiger partial charge in [-0.3, -0.25) is 0 Å². The van der Waals surface area contributed by atoms with Gasteiger partial charge >= 0.3 is 0 Å². The van der Waals surface area contributed by atoms with E-state index < -0.39 is 0 Å². The van der Waals surface area contributed by atoms with Crippen molar-refractivity contribution in [1.82, 2.24) is 9.97 Å². The molecule has 0 saturated heterocycles. The van der Waals surface area contributed by atoms with Crippen LogP contribution < -0.4 is 9.80 Å². The van der Waals surface area contributed by atoms with Gasteiger partial charge in [-0.15, -0.1) is 22.7 Å². The molecular weight excluding hydrogens is 368 g/mol. The molecule has 2 aromatic heterocycles. The first-order chi connectivity index (χ1) is 12.0. The average Bonchev–Trinajstić information content (AvgIpc) is 3.15. The van der Waals surface area contributed by atoms with Crippen molar-refractivity contribution in [2.45, 2.75) is 8.68 Å². The SMILES string of the molecule is CN(C)c1ccc2nc(Sc3nc4ccc(N(C)C)cc4s3)sc2c1. The molecule has 0 saturated carbocycles. The third kappa shape index (κ3) is 3.31. The number of aromatic nitrogens is 2. The van der Waals surface area contributed by atoms with E-state index in [9.17, 15) is 0 Å². The summed E-state index contributed by atoms with van der Waals surface area (Å²) in [6, 6.07) is 12.8. The number of nitrogens with zero attached hydrogens (tertiary/aromatic N) is 4. The molecule has 4 aromatic rings. The molecule has 0 N–H and O–H groups in total. The minimum Gasteiger partial charge on any atom is -0.378 e. The summed E-state index contributed by atoms with van der Waals surface area (Å²) in [7, 11) is 8.23. The fourth-order valence-electron chi connectivity index (χ4n) is 2.50. The minimum atomic E-state index is 1.04. The summed E-state index contributed by atoms with van der Waals surface area (Å²) in [4.78, 5) is 13.7. The molecule has 2 aromatic carbocycles. The van der Waals surface area contributed by atoms with Crippen LogP contribution in [0, 0.1) is 0 Å². The fourth-order valence-corrected chi connectivity index (χ4v) is 5.90. The maximum absolute atomic E-state index is 4.75. The number of fused-ring (bicyclic) bond motifs is 2. The molecule has 0 aliphatic heterocycles. The monoisotopic (exact) mass is 386 g/mol. The van der Waals surface area contributed by atoms with Crippen LogP contribution in [0.15, 0.2) is 45.1 Å². The highest BCUT2D eigenvalue weighted by Crippen LogP contribution is 2.39. The number of hydrogen-bond donors (Lipinski definition) is 0. The molecule has 0 aliphatic carbocycles. The van der Waals surface area contributed by atoms with Crippen LogP contribution in [0.1, 0.15) is 0 Å². The summed E-state index contributed by atoms with van der Waals surface area (Å²) >= 11 is 5.11. The smallest absolute Gasteiger partial charge is 0.158 e. The Labute approximate surface area is 159 Å². The Morgan fingerprint density at radius 3 is 1.56 bits per heavy atom. The van der Waals surface area contributed by atoms with Crippen molar-refractivity contribution in [3.8, 4) is 0 Å². The van der Waals surface area contributed by atoms with E-state index in [2.05, 4.69) is 74.4 Å². The molecule has 128 valence electrons. The first-order valence-corrected chi connectivity index (χ1v) is 10.3. The zero-order valence-electron chi connectivity index (χ0n) is 14.5. The third-order valence-corrected chi connectivity index (χ3v) is 7.07. The molecule has 0 bridgehead atoms. The topological polar surface area (TPSA) is 32.3 Å². The van der Waals surface area contributed by atoms with Gasteiger partial charge in [0.2, 0.25) is 0 Å². The average molecular weight is 387 g/mol. The van der Waals surface area contributed by atoms with E-state index in [-0.39, 0.29) is 0 Å². The highest BCUT2D eigenvalue weighted by Gasteiger charge is 2.11. The van der Waals surface area contributed by atoms with E-state index >= 15 is 0 Å². The summed E-state index contributed by atoms with van der Waals surface area (Å²) in [5.41, 5.74) is 4.50. The molecule has 7 heteroatoms. The highest BCUT2D eigenvalue weighted by atomic mass is 32.2. The summed E-state index contributed by atoms with van der Waals surface area (Å²) in [6.45, 7) is 0. The van der Waals surface area contributed by atoms with Gasteiger partial charge in [-0.05, 0) is 48.2 Å². The molecule has 0 unspecified atom stereocenters. The van der Waals surface area contributed by atoms with E-state index in [0.29, 0.717) is 0 Å². The van der Waals surface area contributed by atoms with Gasteiger partial charge in [-0.2, -0.15) is 0 Å². The summed E-state index contributed by atoms with van der Waals surface area (Å²) in [5.74, 6) is 0. The van der Waals surface area contributed by atoms with Crippen molar-refractivity contribution >= 4 is 66.2 Å². The van der Waals surface area contributed by atoms with Crippen LogP contribution in [-0.2, 0) is 0 Å². The first kappa shape index (κ1) is 16.6. The lowest BCUT2D eigenvalue weighted by molar-refractivity contribution is 1.13. The number of benzene rings is 2. The highest BCUT2D eigenvalue weighted by molar-refractivity contribution is 8.02. The summed E-state index contributed by atoms with van der Waals surface area (Å²) in [6.07, 6.45) is 0. The van der Waals surface area contributed by atoms with Crippen molar-refractivity contribution in [2.75, 3.05) is 38.0 Å². The van der Waals surface area contributed by atoms with Crippen LogP contribution in [0.2, 0.25) is 0 Å². The molecular formula is C18H18N4S3. The van der Waals surface area contributed by atoms with Gasteiger partial charge in [0.05, 0.1) is 20.4 Å². The normalized spacial score (nSPS) is 11.4. The summed E-state index contributed by atoms with van der Waals surface area (Å²) < 4.78 is 4.50. The lowest BCUT2D eigenvalue weighted by Gasteiger charge is -2.11. The lowest BCUT2D eigenvalue weighted by atomic mass is 10.3. The van der Waals surface area contributed by atoms with Gasteiger partial charge in [0.15, 0.2) is 8.68 Å². The van der Waals surface area contributed by atoms with Crippen LogP contribution in [0.25, 0.3) is 20.4 Å². The first-order valence-electron chi connectivity index (χ1n) is 7.83. The van der Waals surface area contributed by atoms with Crippen molar-refractivity contribution < 1.29 is 0 Å². The van der Waals surface area contributed by atoms with Crippen LogP contribution in [-0.4, -0.2) is 38.2 Å². The Balaban J connectivity index is 1.65. The second kappa shape index (κ2) is 6.48. The Morgan fingerprint density at radius 1 is 0.720 bits per heavy atom. The van der Waals surface area contributed by atoms with Crippen molar-refractivity contribution in [3.63, 3.8) is 0 Å². The van der Waals surface area contributed by atoms with Gasteiger partial charge in [-0.25, -0.2) is 9.97 Å². The van der Waals surface area contributed by atoms with Crippen LogP contribution >= 0.6 is 34.4 Å². The molecule has 0 atom stereocenters. The largest absolute Gasteiger partial charge is 0.378 e. The Hall–Kier alpha value is -1.83. The predicted molar refractivity (Wildman–Crippen MR) is 112 cm³/mol. The predicted octanol–water partition coefficient (Wildman–Crippen LogP) is 5.19. The Kier molecular flexibility index (Phi) is 4.31. The molecule has 4 rings (SSSR count). The van der Waals surface area contributed by atoms with Gasteiger partial charge in [-0.1, -0.05) is 0 Å². The maximum Gasteiger partial charge on any atom is 0.158 e. The van der Waals surface area contributed by atoms with E-state index in [1.165, 1.54) is 20.8 Å². The molecule has 4 nitrogen and oxygen atoms in total. The second-order valence-electron chi connectivity index (χ2n) is 6.15. The van der Waals surface area contributed by atoms with E-state index in [1.54, 1.807) is 34.4 Å². The molecule has 2 heterocycles. The fraction of sp³-hybridized carbons (Fsp3) is 0.222. The zero-order chi connectivity index (χ0) is 17.6. The number of thiazole rings is 2. The number of anilines is 2. The Bertz CT molecular complexity index is 965. The molecule has 0 aliphatic rings. The number of hydrogen-bond acceptors (Lipinski definition) is 7. The zero-order valence-corrected chi connectivity index (χ0v) is 16.9. The van der Waals surface area contributed by atoms with Gasteiger partial charge in [0, 0.05) is 39.6 Å². The molecule has 0 spiro atoms. The maximum atomic E-state index is 4.75. The molecule has 0 fully saturated rings. The molecule has 25 heavy (non-hydrogen) atoms. The van der Waals surface area contributed by atoms with Crippen LogP contribution in [0.3, 0.4) is 0 Å². The van der Waals surface area contributed by atoms with Crippen LogP contribution in [0.5, 0.6) is 0 Å². The van der Waals surface area contributed by atoms with Gasteiger partial charge in [0.1, 0.15) is 0 Å². The number of rotatable bonds is 4. The quantitative estimate of drug-likeness (QED) is 0.482. The standard InChI is InChI=1S/C18H18N4S3/c1-21(2)11-5-7-13-15(9-11)23-17(19-13)25-18-20-14-8-6-12(22(3)4)10-16(14)24-18/h5-10H,1-4H3. The van der Waals surface area contributed by atoms with Crippen molar-refractivity contribution in [1.29, 1.82) is 0 Å². The van der Waals surface area contributed by atoms with E-state index in [0.717, 1.165) is 19.7 Å². The second-order valence-corrected chi connectivity index (χ2v) is 9.71. The minimum absolute atomic E-state index is 1.04. The van der Waals surface area contributed by atoms with Gasteiger partial charge in [0.25, 0.3) is 0 Å². The Morgan fingerprint density at radius 2 is 1.16 bits per heavy atom. The van der Waals surface area contributed by atoms with Crippen molar-refractivity contribution in [2.24, 2.45) is 0 Å². The van der Waals surface area contributed by atoms with E-state index in [1.807, 2.05) is 0 Å². The molecule has 0 amide bonds. The molecule has 0 radical (unpaired) electrons. The van der Waals surface area contributed by atoms with Gasteiger partial charge < -0.3 is 9.80 Å². The van der Waals surface area contributed by atoms with E-state index in [4.69, 9.17) is 9.97 Å². The summed E-state index contributed by atoms with van der Waals surface area (Å²) in [5, 5.41) is 0. The van der Waals surface area contributed by atoms with Crippen LogP contribution in [0.4, 0.5) is 11.4 Å².